The number of nitrogens with one attached hydrogen (secondary N) is 1. The first kappa shape index (κ1) is 19.7. The van der Waals surface area contributed by atoms with Gasteiger partial charge in [0.15, 0.2) is 0 Å². The molecule has 1 N–H and O–H groups in total. The largest absolute Gasteiger partial charge is 0.603 e. The van der Waals surface area contributed by atoms with Crippen LogP contribution < -0.4 is 14.8 Å². The van der Waals surface area contributed by atoms with E-state index < -0.39 is 0 Å². The van der Waals surface area contributed by atoms with E-state index in [0.717, 1.165) is 11.5 Å². The minimum atomic E-state index is 0. The molecule has 5 nitrogen and oxygen atoms in total. The number of anilines is 1. The van der Waals surface area contributed by atoms with Crippen molar-refractivity contribution in [3.8, 4) is 17.2 Å². The minimum absolute atomic E-state index is 0. The van der Waals surface area contributed by atoms with Gasteiger partial charge in [0, 0.05) is 44.5 Å². The van der Waals surface area contributed by atoms with Crippen LogP contribution in [0.5, 0.6) is 17.2 Å². The van der Waals surface area contributed by atoms with Crippen molar-refractivity contribution in [3.05, 3.63) is 52.9 Å². The summed E-state index contributed by atoms with van der Waals surface area (Å²) in [6.45, 7) is 1.84. The van der Waals surface area contributed by atoms with Crippen molar-refractivity contribution in [3.63, 3.8) is 0 Å². The van der Waals surface area contributed by atoms with Crippen molar-refractivity contribution < 1.29 is 42.2 Å². The second-order valence-electron chi connectivity index (χ2n) is 4.43. The Labute approximate surface area is 166 Å². The van der Waals surface area contributed by atoms with Crippen LogP contribution in [0.15, 0.2) is 47.6 Å². The second-order valence-corrected chi connectivity index (χ2v) is 4.84. The van der Waals surface area contributed by atoms with Crippen LogP contribution in [0.1, 0.15) is 6.92 Å². The quantitative estimate of drug-likeness (QED) is 0.436. The van der Waals surface area contributed by atoms with Crippen molar-refractivity contribution in [1.29, 1.82) is 0 Å². The van der Waals surface area contributed by atoms with Crippen molar-refractivity contribution >= 4 is 23.1 Å². The van der Waals surface area contributed by atoms with E-state index in [0.29, 0.717) is 22.3 Å². The van der Waals surface area contributed by atoms with Crippen LogP contribution in [-0.2, 0) is 32.7 Å². The van der Waals surface area contributed by atoms with Gasteiger partial charge in [-0.25, -0.2) is 0 Å². The molecule has 0 heterocycles. The first-order chi connectivity index (χ1) is 10.6. The fourth-order valence-corrected chi connectivity index (χ4v) is 2.02. The number of hydrogen-bond donors (Lipinski definition) is 1. The third kappa shape index (κ3) is 6.01. The number of ether oxygens (including phenoxy) is 2. The van der Waals surface area contributed by atoms with E-state index in [1.165, 1.54) is 0 Å². The topological polar surface area (TPSA) is 57.0 Å². The van der Waals surface area contributed by atoms with Crippen LogP contribution in [0.3, 0.4) is 0 Å². The SMILES string of the molecule is C[N-]/N=C(/C)Nc1ccc(Oc2ccc(Cl)c(OC)c2)cc1.[Y]. The number of methoxy groups -OCH3 is 1. The van der Waals surface area contributed by atoms with Gasteiger partial charge in [-0.2, -0.15) is 0 Å². The van der Waals surface area contributed by atoms with E-state index in [-0.39, 0.29) is 32.7 Å². The van der Waals surface area contributed by atoms with Gasteiger partial charge in [-0.05, 0) is 43.3 Å². The van der Waals surface area contributed by atoms with Crippen LogP contribution in [0.25, 0.3) is 5.43 Å². The van der Waals surface area contributed by atoms with Gasteiger partial charge in [0.1, 0.15) is 17.2 Å². The molecule has 2 aromatic rings. The number of halogens is 1. The van der Waals surface area contributed by atoms with Gasteiger partial charge in [0.2, 0.25) is 0 Å². The Kier molecular flexibility index (Phi) is 8.38. The summed E-state index contributed by atoms with van der Waals surface area (Å²) >= 11 is 5.99. The monoisotopic (exact) mass is 407 g/mol. The maximum absolute atomic E-state index is 5.99. The van der Waals surface area contributed by atoms with Crippen LogP contribution in [0.2, 0.25) is 5.02 Å². The zero-order valence-electron chi connectivity index (χ0n) is 13.2. The molecule has 0 atom stereocenters. The summed E-state index contributed by atoms with van der Waals surface area (Å²) in [7, 11) is 3.19. The van der Waals surface area contributed by atoms with Gasteiger partial charge in [-0.15, -0.1) is 7.05 Å². The molecule has 2 aromatic carbocycles. The molecule has 7 heteroatoms. The van der Waals surface area contributed by atoms with Crippen molar-refractivity contribution in [1.82, 2.24) is 0 Å². The van der Waals surface area contributed by atoms with E-state index >= 15 is 0 Å². The van der Waals surface area contributed by atoms with E-state index in [1.807, 2.05) is 31.2 Å². The smallest absolute Gasteiger partial charge is 0.141 e. The fourth-order valence-electron chi connectivity index (χ4n) is 1.83. The van der Waals surface area contributed by atoms with Gasteiger partial charge in [-0.3, -0.25) is 0 Å². The van der Waals surface area contributed by atoms with Crippen LogP contribution >= 0.6 is 11.6 Å². The van der Waals surface area contributed by atoms with Crippen molar-refractivity contribution in [2.75, 3.05) is 19.5 Å². The predicted molar refractivity (Wildman–Crippen MR) is 90.5 cm³/mol. The third-order valence-electron chi connectivity index (χ3n) is 2.79. The summed E-state index contributed by atoms with van der Waals surface area (Å²) < 4.78 is 10.9. The molecule has 2 rings (SSSR count). The Morgan fingerprint density at radius 2 is 1.78 bits per heavy atom. The molecule has 0 aromatic heterocycles. The fraction of sp³-hybridized carbons (Fsp3) is 0.188. The molecule has 23 heavy (non-hydrogen) atoms. The van der Waals surface area contributed by atoms with E-state index in [4.69, 9.17) is 21.1 Å². The molecule has 0 saturated heterocycles. The predicted octanol–water partition coefficient (Wildman–Crippen LogP) is 4.89. The Morgan fingerprint density at radius 1 is 1.13 bits per heavy atom. The van der Waals surface area contributed by atoms with Gasteiger partial charge in [0.05, 0.1) is 18.0 Å². The third-order valence-corrected chi connectivity index (χ3v) is 3.10. The summed E-state index contributed by atoms with van der Waals surface area (Å²) in [4.78, 5) is 0. The normalized spacial score (nSPS) is 10.5. The summed E-state index contributed by atoms with van der Waals surface area (Å²) in [5, 5.41) is 7.58. The second kappa shape index (κ2) is 9.76. The Balaban J connectivity index is 0.00000264. The number of hydrogen-bond acceptors (Lipinski definition) is 3. The van der Waals surface area contributed by atoms with E-state index in [1.54, 1.807) is 32.4 Å². The number of amidine groups is 1. The number of nitrogens with zero attached hydrogens (tertiary/aromatic N) is 2. The van der Waals surface area contributed by atoms with Gasteiger partial charge >= 0.3 is 0 Å². The average Bonchev–Trinajstić information content (AvgIpc) is 2.51. The Morgan fingerprint density at radius 3 is 2.39 bits per heavy atom. The van der Waals surface area contributed by atoms with Crippen LogP contribution in [-0.4, -0.2) is 20.0 Å². The maximum Gasteiger partial charge on any atom is 0.141 e. The molecule has 0 saturated carbocycles. The molecule has 0 amide bonds. The molecular formula is C16H17ClN3O2Y-. The minimum Gasteiger partial charge on any atom is -0.603 e. The molecule has 1 radical (unpaired) electrons. The molecule has 119 valence electrons. The summed E-state index contributed by atoms with van der Waals surface area (Å²) in [6, 6.07) is 12.8. The average molecular weight is 408 g/mol. The molecule has 0 aliphatic rings. The Bertz CT molecular complexity index is 663. The molecule has 0 spiro atoms. The maximum atomic E-state index is 5.99. The van der Waals surface area contributed by atoms with E-state index in [2.05, 4.69) is 15.8 Å². The van der Waals surface area contributed by atoms with Gasteiger partial charge in [0.25, 0.3) is 0 Å². The zero-order valence-corrected chi connectivity index (χ0v) is 16.8. The van der Waals surface area contributed by atoms with Crippen molar-refractivity contribution in [2.24, 2.45) is 5.10 Å². The van der Waals surface area contributed by atoms with Crippen molar-refractivity contribution in [2.45, 2.75) is 6.92 Å². The molecule has 0 aliphatic heterocycles. The number of rotatable bonds is 5. The first-order valence-corrected chi connectivity index (χ1v) is 7.02. The van der Waals surface area contributed by atoms with Gasteiger partial charge in [-0.1, -0.05) is 11.6 Å². The molecule has 0 fully saturated rings. The summed E-state index contributed by atoms with van der Waals surface area (Å²) in [6.07, 6.45) is 0. The first-order valence-electron chi connectivity index (χ1n) is 6.64. The standard InChI is InChI=1S/C16H17ClN3O2.Y/c1-11(20-18-2)19-12-4-6-13(7-5-12)22-14-8-9-15(17)16(10-14)21-3;/h4-10H,1-3H3,(H,19,20);/q-1;. The van der Waals surface area contributed by atoms with E-state index in [9.17, 15) is 0 Å². The summed E-state index contributed by atoms with van der Waals surface area (Å²) in [5.74, 6) is 2.67. The zero-order chi connectivity index (χ0) is 15.9. The molecule has 0 aliphatic carbocycles. The number of benzene rings is 2. The molecular weight excluding hydrogens is 391 g/mol. The van der Waals surface area contributed by atoms with Crippen LogP contribution in [0, 0.1) is 0 Å². The Hall–Kier alpha value is -1.30. The summed E-state index contributed by atoms with van der Waals surface area (Å²) in [5.41, 5.74) is 4.61. The van der Waals surface area contributed by atoms with Crippen LogP contribution in [0.4, 0.5) is 5.69 Å². The molecule has 0 unspecified atom stereocenters. The van der Waals surface area contributed by atoms with Gasteiger partial charge < -0.3 is 25.3 Å². The molecule has 0 bridgehead atoms.